The van der Waals surface area contributed by atoms with Gasteiger partial charge in [-0.25, -0.2) is 0 Å². The predicted molar refractivity (Wildman–Crippen MR) is 85.6 cm³/mol. The molecule has 0 unspecified atom stereocenters. The van der Waals surface area contributed by atoms with Gasteiger partial charge in [-0.15, -0.1) is 0 Å². The van der Waals surface area contributed by atoms with Gasteiger partial charge in [0, 0.05) is 15.8 Å². The number of anilines is 1. The lowest BCUT2D eigenvalue weighted by Crippen LogP contribution is -2.01. The minimum absolute atomic E-state index is 1.11. The van der Waals surface area contributed by atoms with E-state index in [-0.39, 0.29) is 0 Å². The summed E-state index contributed by atoms with van der Waals surface area (Å²) in [5.74, 6) is 0. The predicted octanol–water partition coefficient (Wildman–Crippen LogP) is 5.45. The molecule has 0 heterocycles. The highest BCUT2D eigenvalue weighted by atomic mass is 127. The van der Waals surface area contributed by atoms with E-state index in [1.54, 1.807) is 0 Å². The molecule has 0 aliphatic rings. The van der Waals surface area contributed by atoms with Crippen LogP contribution in [0.3, 0.4) is 0 Å². The molecule has 0 saturated heterocycles. The summed E-state index contributed by atoms with van der Waals surface area (Å²) < 4.78 is 1.30. The highest BCUT2D eigenvalue weighted by molar-refractivity contribution is 14.1. The number of unbranched alkanes of at least 4 members (excludes halogenated alkanes) is 6. The zero-order chi connectivity index (χ0) is 12.3. The summed E-state index contributed by atoms with van der Waals surface area (Å²) >= 11 is 2.34. The Morgan fingerprint density at radius 1 is 0.882 bits per heavy atom. The molecule has 0 saturated carbocycles. The van der Waals surface area contributed by atoms with Gasteiger partial charge in [0.15, 0.2) is 0 Å². The number of nitrogens with one attached hydrogen (secondary N) is 1. The molecule has 2 heteroatoms. The van der Waals surface area contributed by atoms with E-state index in [9.17, 15) is 0 Å². The Morgan fingerprint density at radius 2 is 1.47 bits per heavy atom. The highest BCUT2D eigenvalue weighted by Gasteiger charge is 1.93. The Morgan fingerprint density at radius 3 is 2.12 bits per heavy atom. The van der Waals surface area contributed by atoms with Crippen molar-refractivity contribution in [2.45, 2.75) is 51.9 Å². The van der Waals surface area contributed by atoms with Crippen molar-refractivity contribution in [3.8, 4) is 0 Å². The molecule has 0 aliphatic carbocycles. The van der Waals surface area contributed by atoms with E-state index in [0.29, 0.717) is 0 Å². The third-order valence-electron chi connectivity index (χ3n) is 2.95. The zero-order valence-corrected chi connectivity index (χ0v) is 13.0. The Labute approximate surface area is 120 Å². The summed E-state index contributed by atoms with van der Waals surface area (Å²) in [6.07, 6.45) is 9.63. The second kappa shape index (κ2) is 9.75. The van der Waals surface area contributed by atoms with Crippen molar-refractivity contribution in [3.05, 3.63) is 27.8 Å². The van der Waals surface area contributed by atoms with Crippen LogP contribution in [0.15, 0.2) is 24.3 Å². The maximum Gasteiger partial charge on any atom is 0.0340 e. The van der Waals surface area contributed by atoms with Crippen molar-refractivity contribution in [1.82, 2.24) is 0 Å². The molecule has 1 aromatic carbocycles. The monoisotopic (exact) mass is 345 g/mol. The van der Waals surface area contributed by atoms with Gasteiger partial charge < -0.3 is 5.32 Å². The van der Waals surface area contributed by atoms with Gasteiger partial charge in [-0.05, 0) is 53.3 Å². The topological polar surface area (TPSA) is 12.0 Å². The molecule has 0 aromatic heterocycles. The molecular weight excluding hydrogens is 321 g/mol. The molecule has 0 bridgehead atoms. The number of hydrogen-bond donors (Lipinski definition) is 1. The van der Waals surface area contributed by atoms with Gasteiger partial charge in [-0.1, -0.05) is 45.4 Å². The van der Waals surface area contributed by atoms with E-state index in [0.717, 1.165) is 6.54 Å². The first kappa shape index (κ1) is 14.8. The van der Waals surface area contributed by atoms with E-state index in [1.165, 1.54) is 54.2 Å². The van der Waals surface area contributed by atoms with Gasteiger partial charge in [0.25, 0.3) is 0 Å². The summed E-state index contributed by atoms with van der Waals surface area (Å²) in [6.45, 7) is 3.37. The molecule has 0 radical (unpaired) electrons. The molecule has 0 spiro atoms. The van der Waals surface area contributed by atoms with Crippen molar-refractivity contribution < 1.29 is 0 Å². The van der Waals surface area contributed by atoms with Crippen molar-refractivity contribution >= 4 is 28.3 Å². The van der Waals surface area contributed by atoms with Crippen LogP contribution in [0.4, 0.5) is 5.69 Å². The van der Waals surface area contributed by atoms with Gasteiger partial charge in [-0.3, -0.25) is 0 Å². The summed E-state index contributed by atoms with van der Waals surface area (Å²) in [6, 6.07) is 8.60. The molecule has 0 aliphatic heterocycles. The van der Waals surface area contributed by atoms with Crippen LogP contribution in [0.2, 0.25) is 0 Å². The fourth-order valence-corrected chi connectivity index (χ4v) is 2.24. The van der Waals surface area contributed by atoms with Crippen LogP contribution in [0.5, 0.6) is 0 Å². The van der Waals surface area contributed by atoms with Crippen molar-refractivity contribution in [1.29, 1.82) is 0 Å². The van der Waals surface area contributed by atoms with Crippen LogP contribution in [0, 0.1) is 3.57 Å². The van der Waals surface area contributed by atoms with Crippen molar-refractivity contribution in [3.63, 3.8) is 0 Å². The standard InChI is InChI=1S/C15H24IN/c1-2-3-4-5-6-7-8-13-17-15-11-9-14(16)10-12-15/h9-12,17H,2-8,13H2,1H3. The first-order valence-corrected chi connectivity index (χ1v) is 7.90. The van der Waals surface area contributed by atoms with Gasteiger partial charge in [0.2, 0.25) is 0 Å². The average molecular weight is 345 g/mol. The van der Waals surface area contributed by atoms with Gasteiger partial charge in [0.1, 0.15) is 0 Å². The highest BCUT2D eigenvalue weighted by Crippen LogP contribution is 2.12. The summed E-state index contributed by atoms with van der Waals surface area (Å²) in [7, 11) is 0. The molecule has 0 amide bonds. The van der Waals surface area contributed by atoms with Crippen LogP contribution in [0.1, 0.15) is 51.9 Å². The van der Waals surface area contributed by atoms with Crippen LogP contribution in [-0.4, -0.2) is 6.54 Å². The fraction of sp³-hybridized carbons (Fsp3) is 0.600. The quantitative estimate of drug-likeness (QED) is 0.463. The number of benzene rings is 1. The summed E-state index contributed by atoms with van der Waals surface area (Å²) in [5, 5.41) is 3.47. The summed E-state index contributed by atoms with van der Waals surface area (Å²) in [5.41, 5.74) is 1.25. The molecule has 1 aromatic rings. The molecular formula is C15H24IN. The fourth-order valence-electron chi connectivity index (χ4n) is 1.88. The largest absolute Gasteiger partial charge is 0.385 e. The number of hydrogen-bond acceptors (Lipinski definition) is 1. The summed E-state index contributed by atoms with van der Waals surface area (Å²) in [4.78, 5) is 0. The molecule has 96 valence electrons. The van der Waals surface area contributed by atoms with Gasteiger partial charge in [-0.2, -0.15) is 0 Å². The molecule has 1 N–H and O–H groups in total. The molecule has 0 atom stereocenters. The Hall–Kier alpha value is -0.250. The maximum absolute atomic E-state index is 3.47. The Bertz CT molecular complexity index is 281. The zero-order valence-electron chi connectivity index (χ0n) is 10.8. The number of halogens is 1. The SMILES string of the molecule is CCCCCCCCCNc1ccc(I)cc1. The van der Waals surface area contributed by atoms with E-state index < -0.39 is 0 Å². The van der Waals surface area contributed by atoms with E-state index in [1.807, 2.05) is 0 Å². The minimum atomic E-state index is 1.11. The lowest BCUT2D eigenvalue weighted by Gasteiger charge is -2.06. The normalized spacial score (nSPS) is 10.5. The minimum Gasteiger partial charge on any atom is -0.385 e. The third-order valence-corrected chi connectivity index (χ3v) is 3.67. The first-order valence-electron chi connectivity index (χ1n) is 6.82. The van der Waals surface area contributed by atoms with Crippen molar-refractivity contribution in [2.24, 2.45) is 0 Å². The van der Waals surface area contributed by atoms with Crippen LogP contribution in [-0.2, 0) is 0 Å². The van der Waals surface area contributed by atoms with E-state index in [2.05, 4.69) is 59.1 Å². The first-order chi connectivity index (χ1) is 8.33. The molecule has 0 fully saturated rings. The van der Waals surface area contributed by atoms with Crippen molar-refractivity contribution in [2.75, 3.05) is 11.9 Å². The smallest absolute Gasteiger partial charge is 0.0340 e. The van der Waals surface area contributed by atoms with E-state index in [4.69, 9.17) is 0 Å². The molecule has 17 heavy (non-hydrogen) atoms. The molecule has 1 rings (SSSR count). The second-order valence-electron chi connectivity index (χ2n) is 4.55. The van der Waals surface area contributed by atoms with Crippen LogP contribution < -0.4 is 5.32 Å². The maximum atomic E-state index is 3.47. The van der Waals surface area contributed by atoms with Gasteiger partial charge in [0.05, 0.1) is 0 Å². The Kier molecular flexibility index (Phi) is 8.49. The lowest BCUT2D eigenvalue weighted by molar-refractivity contribution is 0.596. The lowest BCUT2D eigenvalue weighted by atomic mass is 10.1. The van der Waals surface area contributed by atoms with Crippen LogP contribution >= 0.6 is 22.6 Å². The van der Waals surface area contributed by atoms with E-state index >= 15 is 0 Å². The van der Waals surface area contributed by atoms with Crippen LogP contribution in [0.25, 0.3) is 0 Å². The molecule has 1 nitrogen and oxygen atoms in total. The second-order valence-corrected chi connectivity index (χ2v) is 5.80. The Balaban J connectivity index is 1.95. The third kappa shape index (κ3) is 7.63. The number of rotatable bonds is 9. The van der Waals surface area contributed by atoms with Gasteiger partial charge >= 0.3 is 0 Å². The average Bonchev–Trinajstić information content (AvgIpc) is 2.35.